The maximum atomic E-state index is 8.96. The highest BCUT2D eigenvalue weighted by molar-refractivity contribution is 7.99. The molecule has 160 valence electrons. The third kappa shape index (κ3) is 6.18. The van der Waals surface area contributed by atoms with E-state index in [1.54, 1.807) is 24.3 Å². The van der Waals surface area contributed by atoms with Gasteiger partial charge in [-0.05, 0) is 59.4 Å². The minimum absolute atomic E-state index is 0.372. The Bertz CT molecular complexity index is 1270. The Morgan fingerprint density at radius 2 is 1.36 bits per heavy atom. The number of halogens is 1. The highest BCUT2D eigenvalue weighted by atomic mass is 35.5. The largest absolute Gasteiger partial charge is 0.350 e. The first-order valence-electron chi connectivity index (χ1n) is 9.44. The number of pyridine rings is 2. The number of aromatic nitrogens is 5. The molecule has 0 saturated carbocycles. The van der Waals surface area contributed by atoms with Crippen molar-refractivity contribution in [2.24, 2.45) is 0 Å². The van der Waals surface area contributed by atoms with Crippen molar-refractivity contribution in [1.29, 1.82) is 10.5 Å². The van der Waals surface area contributed by atoms with E-state index in [2.05, 4.69) is 30.2 Å². The number of benzene rings is 1. The summed E-state index contributed by atoms with van der Waals surface area (Å²) >= 11 is 8.76. The third-order valence-electron chi connectivity index (χ3n) is 4.11. The van der Waals surface area contributed by atoms with Gasteiger partial charge in [0.15, 0.2) is 10.3 Å². The minimum Gasteiger partial charge on any atom is -0.350 e. The second kappa shape index (κ2) is 10.7. The zero-order chi connectivity index (χ0) is 23.0. The van der Waals surface area contributed by atoms with Crippen LogP contribution in [0.25, 0.3) is 0 Å². The molecule has 3 heterocycles. The number of rotatable bonds is 7. The molecule has 0 atom stereocenters. The summed E-state index contributed by atoms with van der Waals surface area (Å²) in [5.41, 5.74) is 1.85. The van der Waals surface area contributed by atoms with Crippen LogP contribution in [0.3, 0.4) is 0 Å². The number of hydrogen-bond acceptors (Lipinski definition) is 10. The van der Waals surface area contributed by atoms with Crippen molar-refractivity contribution in [1.82, 2.24) is 24.9 Å². The predicted molar refractivity (Wildman–Crippen MR) is 125 cm³/mol. The minimum atomic E-state index is 0.372. The predicted octanol–water partition coefficient (Wildman–Crippen LogP) is 4.97. The van der Waals surface area contributed by atoms with Crippen LogP contribution in [-0.2, 0) is 6.54 Å². The molecule has 8 nitrogen and oxygen atoms in total. The zero-order valence-electron chi connectivity index (χ0n) is 16.8. The van der Waals surface area contributed by atoms with Crippen molar-refractivity contribution < 1.29 is 0 Å². The van der Waals surface area contributed by atoms with Crippen LogP contribution in [0.2, 0.25) is 5.02 Å². The molecule has 0 bridgehead atoms. The molecule has 0 radical (unpaired) electrons. The van der Waals surface area contributed by atoms with Gasteiger partial charge in [-0.1, -0.05) is 29.8 Å². The highest BCUT2D eigenvalue weighted by Crippen LogP contribution is 2.29. The van der Waals surface area contributed by atoms with Crippen molar-refractivity contribution in [3.63, 3.8) is 0 Å². The van der Waals surface area contributed by atoms with Crippen molar-refractivity contribution in [2.75, 3.05) is 5.32 Å². The van der Waals surface area contributed by atoms with Crippen molar-refractivity contribution in [3.8, 4) is 12.1 Å². The number of nitriles is 2. The number of hydrogen-bond donors (Lipinski definition) is 1. The Balaban J connectivity index is 1.60. The molecule has 0 aliphatic rings. The van der Waals surface area contributed by atoms with Crippen LogP contribution in [-0.4, -0.2) is 24.9 Å². The Kier molecular flexibility index (Phi) is 7.33. The van der Waals surface area contributed by atoms with Crippen LogP contribution in [0.15, 0.2) is 81.3 Å². The van der Waals surface area contributed by atoms with Gasteiger partial charge < -0.3 is 5.32 Å². The third-order valence-corrected chi connectivity index (χ3v) is 6.11. The van der Waals surface area contributed by atoms with Gasteiger partial charge in [0.2, 0.25) is 5.95 Å². The zero-order valence-corrected chi connectivity index (χ0v) is 19.2. The van der Waals surface area contributed by atoms with Gasteiger partial charge in [-0.2, -0.15) is 25.5 Å². The highest BCUT2D eigenvalue weighted by Gasteiger charge is 2.12. The molecule has 0 aliphatic heterocycles. The van der Waals surface area contributed by atoms with Gasteiger partial charge in [0.05, 0.1) is 11.1 Å². The normalized spacial score (nSPS) is 10.3. The molecule has 0 unspecified atom stereocenters. The summed E-state index contributed by atoms with van der Waals surface area (Å²) in [7, 11) is 0. The molecular formula is C22H13ClN8S2. The SMILES string of the molecule is N#Cc1ccc(Sc2nc(NCc3ccccc3Cl)nc(Sc3ccc(C#N)cn3)n2)nc1. The summed E-state index contributed by atoms with van der Waals surface area (Å²) in [6.07, 6.45) is 2.99. The van der Waals surface area contributed by atoms with Gasteiger partial charge >= 0.3 is 0 Å². The number of anilines is 1. The van der Waals surface area contributed by atoms with Gasteiger partial charge in [0, 0.05) is 24.0 Å². The summed E-state index contributed by atoms with van der Waals surface area (Å²) in [6, 6.07) is 18.4. The molecule has 3 aromatic heterocycles. The average Bonchev–Trinajstić information content (AvgIpc) is 2.84. The number of nitrogens with zero attached hydrogens (tertiary/aromatic N) is 7. The van der Waals surface area contributed by atoms with E-state index in [4.69, 9.17) is 22.1 Å². The van der Waals surface area contributed by atoms with Crippen LogP contribution in [0.5, 0.6) is 0 Å². The Labute approximate surface area is 203 Å². The van der Waals surface area contributed by atoms with Crippen LogP contribution in [0.1, 0.15) is 16.7 Å². The average molecular weight is 489 g/mol. The van der Waals surface area contributed by atoms with E-state index in [1.807, 2.05) is 36.4 Å². The van der Waals surface area contributed by atoms with Crippen LogP contribution < -0.4 is 5.32 Å². The fourth-order valence-electron chi connectivity index (χ4n) is 2.53. The molecule has 11 heteroatoms. The quantitative estimate of drug-likeness (QED) is 0.381. The van der Waals surface area contributed by atoms with E-state index in [-0.39, 0.29) is 0 Å². The smallest absolute Gasteiger partial charge is 0.227 e. The molecule has 0 saturated heterocycles. The standard InChI is InChI=1S/C22H13ClN8S2/c23-17-4-2-1-3-16(17)13-28-20-29-21(32-18-7-5-14(9-24)11-26-18)31-22(30-20)33-19-8-6-15(10-25)12-27-19/h1-8,11-12H,13H2,(H,28,29,30,31). The van der Waals surface area contributed by atoms with Crippen LogP contribution in [0.4, 0.5) is 5.95 Å². The summed E-state index contributed by atoms with van der Waals surface area (Å²) in [5, 5.41) is 23.9. The topological polar surface area (TPSA) is 124 Å². The van der Waals surface area contributed by atoms with Gasteiger partial charge in [-0.25, -0.2) is 9.97 Å². The second-order valence-corrected chi connectivity index (χ2v) is 8.75. The van der Waals surface area contributed by atoms with Gasteiger partial charge in [-0.15, -0.1) is 0 Å². The molecule has 0 aliphatic carbocycles. The molecule has 33 heavy (non-hydrogen) atoms. The first-order chi connectivity index (χ1) is 16.1. The summed E-state index contributed by atoms with van der Waals surface area (Å²) in [5.74, 6) is 0.372. The maximum Gasteiger partial charge on any atom is 0.227 e. The Morgan fingerprint density at radius 1 is 0.788 bits per heavy atom. The second-order valence-electron chi connectivity index (χ2n) is 6.37. The van der Waals surface area contributed by atoms with Crippen molar-refractivity contribution in [3.05, 3.63) is 82.6 Å². The summed E-state index contributed by atoms with van der Waals surface area (Å²) in [4.78, 5) is 22.0. The monoisotopic (exact) mass is 488 g/mol. The Morgan fingerprint density at radius 3 is 1.85 bits per heavy atom. The molecule has 0 spiro atoms. The lowest BCUT2D eigenvalue weighted by Gasteiger charge is -2.09. The van der Waals surface area contributed by atoms with E-state index < -0.39 is 0 Å². The van der Waals surface area contributed by atoms with E-state index in [0.717, 1.165) is 5.56 Å². The van der Waals surface area contributed by atoms with Gasteiger partial charge in [-0.3, -0.25) is 0 Å². The maximum absolute atomic E-state index is 8.96. The van der Waals surface area contributed by atoms with Gasteiger partial charge in [0.1, 0.15) is 22.2 Å². The van der Waals surface area contributed by atoms with Gasteiger partial charge in [0.25, 0.3) is 0 Å². The summed E-state index contributed by atoms with van der Waals surface area (Å²) < 4.78 is 0. The van der Waals surface area contributed by atoms with Crippen molar-refractivity contribution in [2.45, 2.75) is 26.9 Å². The van der Waals surface area contributed by atoms with E-state index in [1.165, 1.54) is 35.9 Å². The molecule has 1 aromatic carbocycles. The Hall–Kier alpha value is -3.70. The lowest BCUT2D eigenvalue weighted by atomic mass is 10.2. The molecule has 0 amide bonds. The van der Waals surface area contributed by atoms with Crippen LogP contribution in [0, 0.1) is 22.7 Å². The molecule has 0 fully saturated rings. The van der Waals surface area contributed by atoms with Crippen LogP contribution >= 0.6 is 35.1 Å². The lowest BCUT2D eigenvalue weighted by molar-refractivity contribution is 0.797. The first-order valence-corrected chi connectivity index (χ1v) is 11.5. The fourth-order valence-corrected chi connectivity index (χ4v) is 4.17. The molecule has 4 aromatic rings. The molecule has 4 rings (SSSR count). The van der Waals surface area contributed by atoms with E-state index in [9.17, 15) is 0 Å². The lowest BCUT2D eigenvalue weighted by Crippen LogP contribution is -2.07. The number of nitrogens with one attached hydrogen (secondary N) is 1. The van der Waals surface area contributed by atoms with Crippen molar-refractivity contribution >= 4 is 41.1 Å². The van der Waals surface area contributed by atoms with E-state index in [0.29, 0.717) is 49.0 Å². The molecule has 1 N–H and O–H groups in total. The molecular weight excluding hydrogens is 476 g/mol. The first kappa shape index (κ1) is 22.5. The van der Waals surface area contributed by atoms with E-state index >= 15 is 0 Å². The fraction of sp³-hybridized carbons (Fsp3) is 0.0455. The summed E-state index contributed by atoms with van der Waals surface area (Å²) in [6.45, 7) is 0.433.